The van der Waals surface area contributed by atoms with Crippen molar-refractivity contribution in [3.05, 3.63) is 39.8 Å². The van der Waals surface area contributed by atoms with Crippen LogP contribution in [0.15, 0.2) is 12.4 Å². The number of carboxylic acids is 1. The fraction of sp³-hybridized carbons (Fsp3) is 0.389. The Balaban J connectivity index is 1.98. The van der Waals surface area contributed by atoms with Crippen molar-refractivity contribution in [2.24, 2.45) is 5.92 Å². The van der Waals surface area contributed by atoms with Crippen LogP contribution in [0.4, 0.5) is 5.00 Å². The number of rotatable bonds is 5. The molecule has 8 nitrogen and oxygen atoms in total. The molecule has 0 bridgehead atoms. The number of carbonyl (C=O) groups is 3. The molecule has 1 unspecified atom stereocenters. The molecule has 2 aromatic heterocycles. The molecule has 0 aromatic carbocycles. The van der Waals surface area contributed by atoms with Crippen LogP contribution in [0.5, 0.6) is 0 Å². The summed E-state index contributed by atoms with van der Waals surface area (Å²) in [4.78, 5) is 45.0. The number of carboxylic acid groups (broad SMARTS) is 1. The van der Waals surface area contributed by atoms with Crippen molar-refractivity contribution in [1.82, 2.24) is 9.97 Å². The molecule has 2 heterocycles. The van der Waals surface area contributed by atoms with Gasteiger partial charge in [-0.2, -0.15) is 0 Å². The maximum Gasteiger partial charge on any atom is 0.356 e. The summed E-state index contributed by atoms with van der Waals surface area (Å²) in [5, 5.41) is 12.2. The van der Waals surface area contributed by atoms with Gasteiger partial charge in [-0.3, -0.25) is 4.79 Å². The highest BCUT2D eigenvalue weighted by molar-refractivity contribution is 7.17. The van der Waals surface area contributed by atoms with E-state index in [1.165, 1.54) is 23.7 Å². The van der Waals surface area contributed by atoms with Crippen molar-refractivity contribution in [1.29, 1.82) is 0 Å². The second-order valence-electron chi connectivity index (χ2n) is 6.29. The highest BCUT2D eigenvalue weighted by Crippen LogP contribution is 2.40. The van der Waals surface area contributed by atoms with Crippen LogP contribution in [0.25, 0.3) is 0 Å². The van der Waals surface area contributed by atoms with Gasteiger partial charge in [0.25, 0.3) is 5.91 Å². The van der Waals surface area contributed by atoms with Crippen molar-refractivity contribution in [3.8, 4) is 0 Å². The molecule has 1 amide bonds. The summed E-state index contributed by atoms with van der Waals surface area (Å²) >= 11 is 1.33. The highest BCUT2D eigenvalue weighted by Gasteiger charge is 2.30. The first-order valence-electron chi connectivity index (χ1n) is 8.59. The van der Waals surface area contributed by atoms with E-state index in [0.717, 1.165) is 29.7 Å². The summed E-state index contributed by atoms with van der Waals surface area (Å²) < 4.78 is 5.16. The van der Waals surface area contributed by atoms with Crippen LogP contribution in [0, 0.1) is 5.92 Å². The predicted molar refractivity (Wildman–Crippen MR) is 98.4 cm³/mol. The summed E-state index contributed by atoms with van der Waals surface area (Å²) in [6, 6.07) is 0. The van der Waals surface area contributed by atoms with E-state index < -0.39 is 23.5 Å². The van der Waals surface area contributed by atoms with E-state index in [4.69, 9.17) is 4.74 Å². The lowest BCUT2D eigenvalue weighted by atomic mass is 9.88. The first-order chi connectivity index (χ1) is 12.9. The van der Waals surface area contributed by atoms with Gasteiger partial charge in [-0.25, -0.2) is 19.6 Å². The lowest BCUT2D eigenvalue weighted by Crippen LogP contribution is -2.20. The van der Waals surface area contributed by atoms with E-state index in [1.54, 1.807) is 6.92 Å². The van der Waals surface area contributed by atoms with Gasteiger partial charge in [0.1, 0.15) is 5.00 Å². The number of aromatic carboxylic acids is 1. The third-order valence-electron chi connectivity index (χ3n) is 4.33. The zero-order valence-corrected chi connectivity index (χ0v) is 15.8. The molecule has 0 fully saturated rings. The third kappa shape index (κ3) is 3.82. The fourth-order valence-corrected chi connectivity index (χ4v) is 4.47. The zero-order valence-electron chi connectivity index (χ0n) is 14.9. The Bertz CT molecular complexity index is 908. The average molecular weight is 389 g/mol. The van der Waals surface area contributed by atoms with Crippen LogP contribution in [0.1, 0.15) is 62.0 Å². The minimum absolute atomic E-state index is 0.223. The van der Waals surface area contributed by atoms with Crippen molar-refractivity contribution >= 4 is 34.2 Å². The molecule has 1 aliphatic carbocycles. The normalized spacial score (nSPS) is 15.7. The molecule has 27 heavy (non-hydrogen) atoms. The zero-order chi connectivity index (χ0) is 19.6. The summed E-state index contributed by atoms with van der Waals surface area (Å²) in [5.41, 5.74) is 0.518. The number of hydrogen-bond donors (Lipinski definition) is 2. The van der Waals surface area contributed by atoms with Gasteiger partial charge in [-0.05, 0) is 37.7 Å². The van der Waals surface area contributed by atoms with Crippen LogP contribution in [0.2, 0.25) is 0 Å². The molecule has 0 spiro atoms. The Morgan fingerprint density at radius 1 is 1.30 bits per heavy atom. The Labute approximate surface area is 159 Å². The second kappa shape index (κ2) is 7.83. The first-order valence-corrected chi connectivity index (χ1v) is 9.41. The number of hydrogen-bond acceptors (Lipinski definition) is 7. The molecule has 0 saturated heterocycles. The van der Waals surface area contributed by atoms with Crippen molar-refractivity contribution in [3.63, 3.8) is 0 Å². The smallest absolute Gasteiger partial charge is 0.356 e. The van der Waals surface area contributed by atoms with Gasteiger partial charge in [-0.1, -0.05) is 6.92 Å². The molecule has 9 heteroatoms. The molecule has 0 radical (unpaired) electrons. The maximum atomic E-state index is 12.6. The van der Waals surface area contributed by atoms with Gasteiger partial charge in [0, 0.05) is 17.3 Å². The Hall–Kier alpha value is -2.81. The molecular formula is C18H19N3O5S. The summed E-state index contributed by atoms with van der Waals surface area (Å²) in [5.74, 6) is -2.07. The van der Waals surface area contributed by atoms with Crippen LogP contribution >= 0.6 is 11.3 Å². The third-order valence-corrected chi connectivity index (χ3v) is 5.50. The monoisotopic (exact) mass is 389 g/mol. The number of thiophene rings is 1. The SMILES string of the molecule is CCOC(=O)c1c(NC(=O)c2nccnc2C(=O)O)sc2c1CCC(C)C2. The Kier molecular flexibility index (Phi) is 5.50. The van der Waals surface area contributed by atoms with E-state index in [2.05, 4.69) is 22.2 Å². The van der Waals surface area contributed by atoms with Crippen LogP contribution in [-0.2, 0) is 17.6 Å². The van der Waals surface area contributed by atoms with Gasteiger partial charge in [0.05, 0.1) is 12.2 Å². The molecule has 1 atom stereocenters. The van der Waals surface area contributed by atoms with Crippen molar-refractivity contribution in [2.75, 3.05) is 11.9 Å². The van der Waals surface area contributed by atoms with Gasteiger partial charge >= 0.3 is 11.9 Å². The number of carbonyl (C=O) groups excluding carboxylic acids is 2. The number of esters is 1. The number of fused-ring (bicyclic) bond motifs is 1. The largest absolute Gasteiger partial charge is 0.476 e. The number of ether oxygens (including phenoxy) is 1. The number of nitrogens with zero attached hydrogens (tertiary/aromatic N) is 2. The quantitative estimate of drug-likeness (QED) is 0.755. The van der Waals surface area contributed by atoms with Crippen LogP contribution < -0.4 is 5.32 Å². The molecule has 0 saturated carbocycles. The van der Waals surface area contributed by atoms with Gasteiger partial charge in [-0.15, -0.1) is 11.3 Å². The fourth-order valence-electron chi connectivity index (χ4n) is 3.08. The molecule has 2 N–H and O–H groups in total. The number of anilines is 1. The van der Waals surface area contributed by atoms with Crippen molar-refractivity contribution < 1.29 is 24.2 Å². The summed E-state index contributed by atoms with van der Waals surface area (Å²) in [6.07, 6.45) is 4.97. The van der Waals surface area contributed by atoms with Crippen LogP contribution in [-0.4, -0.2) is 39.5 Å². The van der Waals surface area contributed by atoms with E-state index >= 15 is 0 Å². The standard InChI is InChI=1S/C18H19N3O5S/c1-3-26-18(25)12-10-5-4-9(2)8-11(10)27-16(12)21-15(22)13-14(17(23)24)20-7-6-19-13/h6-7,9H,3-5,8H2,1-2H3,(H,21,22)(H,23,24). The van der Waals surface area contributed by atoms with Crippen LogP contribution in [0.3, 0.4) is 0 Å². The Morgan fingerprint density at radius 2 is 2.00 bits per heavy atom. The minimum atomic E-state index is -1.35. The van der Waals surface area contributed by atoms with E-state index in [-0.39, 0.29) is 12.3 Å². The van der Waals surface area contributed by atoms with Gasteiger partial charge < -0.3 is 15.2 Å². The first kappa shape index (κ1) is 19.0. The van der Waals surface area contributed by atoms with E-state index in [1.807, 2.05) is 0 Å². The van der Waals surface area contributed by atoms with E-state index in [0.29, 0.717) is 16.5 Å². The summed E-state index contributed by atoms with van der Waals surface area (Å²) in [7, 11) is 0. The maximum absolute atomic E-state index is 12.6. The topological polar surface area (TPSA) is 118 Å². The molecule has 2 aromatic rings. The molecule has 142 valence electrons. The predicted octanol–water partition coefficient (Wildman–Crippen LogP) is 2.79. The van der Waals surface area contributed by atoms with Gasteiger partial charge in [0.15, 0.2) is 11.4 Å². The molecule has 1 aliphatic rings. The average Bonchev–Trinajstić information content (AvgIpc) is 2.98. The Morgan fingerprint density at radius 3 is 2.67 bits per heavy atom. The van der Waals surface area contributed by atoms with Crippen molar-refractivity contribution in [2.45, 2.75) is 33.1 Å². The summed E-state index contributed by atoms with van der Waals surface area (Å²) in [6.45, 7) is 4.08. The second-order valence-corrected chi connectivity index (χ2v) is 7.39. The number of aromatic nitrogens is 2. The minimum Gasteiger partial charge on any atom is -0.476 e. The number of nitrogens with one attached hydrogen (secondary N) is 1. The lowest BCUT2D eigenvalue weighted by Gasteiger charge is -2.18. The van der Waals surface area contributed by atoms with Gasteiger partial charge in [0.2, 0.25) is 0 Å². The highest BCUT2D eigenvalue weighted by atomic mass is 32.1. The molecule has 0 aliphatic heterocycles. The molecular weight excluding hydrogens is 370 g/mol. The van der Waals surface area contributed by atoms with E-state index in [9.17, 15) is 19.5 Å². The number of amides is 1. The lowest BCUT2D eigenvalue weighted by molar-refractivity contribution is 0.0526. The molecule has 3 rings (SSSR count).